The Labute approximate surface area is 118 Å². The molecule has 1 aliphatic carbocycles. The zero-order valence-electron chi connectivity index (χ0n) is 12.7. The molecule has 2 aliphatic rings. The first-order valence-corrected chi connectivity index (χ1v) is 8.25. The third-order valence-electron chi connectivity index (χ3n) is 4.58. The van der Waals surface area contributed by atoms with E-state index in [0.29, 0.717) is 11.9 Å². The van der Waals surface area contributed by atoms with Crippen LogP contribution in [0.25, 0.3) is 0 Å². The van der Waals surface area contributed by atoms with Gasteiger partial charge in [-0.1, -0.05) is 32.6 Å². The van der Waals surface area contributed by atoms with Crippen molar-refractivity contribution < 1.29 is 4.79 Å². The molecular weight excluding hydrogens is 236 g/mol. The molecule has 2 unspecified atom stereocenters. The highest BCUT2D eigenvalue weighted by molar-refractivity contribution is 5.81. The Balaban J connectivity index is 1.78. The minimum atomic E-state index is -0.0122. The normalized spacial score (nSPS) is 23.8. The molecule has 0 radical (unpaired) electrons. The predicted molar refractivity (Wildman–Crippen MR) is 79.1 cm³/mol. The van der Waals surface area contributed by atoms with Gasteiger partial charge < -0.3 is 10.2 Å². The lowest BCUT2D eigenvalue weighted by Crippen LogP contribution is -2.48. The number of hydrogen-bond donors (Lipinski definition) is 1. The Bertz CT molecular complexity index is 280. The van der Waals surface area contributed by atoms with Crippen molar-refractivity contribution in [2.45, 2.75) is 77.3 Å². The Hall–Kier alpha value is -0.570. The first-order chi connectivity index (χ1) is 9.20. The van der Waals surface area contributed by atoms with Gasteiger partial charge in [0, 0.05) is 19.1 Å². The van der Waals surface area contributed by atoms with Gasteiger partial charge in [0.25, 0.3) is 0 Å². The van der Waals surface area contributed by atoms with Gasteiger partial charge in [0.1, 0.15) is 0 Å². The van der Waals surface area contributed by atoms with Crippen LogP contribution in [-0.4, -0.2) is 36.0 Å². The minimum absolute atomic E-state index is 0.0122. The van der Waals surface area contributed by atoms with E-state index in [4.69, 9.17) is 0 Å². The van der Waals surface area contributed by atoms with Gasteiger partial charge in [-0.15, -0.1) is 0 Å². The average Bonchev–Trinajstić information content (AvgIpc) is 3.23. The molecule has 0 spiro atoms. The average molecular weight is 266 g/mol. The Kier molecular flexibility index (Phi) is 5.68. The van der Waals surface area contributed by atoms with E-state index in [2.05, 4.69) is 17.1 Å². The van der Waals surface area contributed by atoms with E-state index in [1.807, 2.05) is 6.92 Å². The lowest BCUT2D eigenvalue weighted by atomic mass is 10.1. The highest BCUT2D eigenvalue weighted by atomic mass is 16.2. The van der Waals surface area contributed by atoms with E-state index in [-0.39, 0.29) is 6.04 Å². The molecule has 1 heterocycles. The van der Waals surface area contributed by atoms with Crippen LogP contribution in [0.3, 0.4) is 0 Å². The highest BCUT2D eigenvalue weighted by Crippen LogP contribution is 2.34. The summed E-state index contributed by atoms with van der Waals surface area (Å²) in [6.07, 6.45) is 10.1. The summed E-state index contributed by atoms with van der Waals surface area (Å²) in [6.45, 7) is 6.19. The standard InChI is InChI=1S/C16H30N2O/c1-3-15(12-14-8-9-14)17-13(2)16(19)18-10-6-4-5-7-11-18/h13-15,17H,3-12H2,1-2H3. The predicted octanol–water partition coefficient (Wildman–Crippen LogP) is 2.95. The SMILES string of the molecule is CCC(CC1CC1)NC(C)C(=O)N1CCCCCC1. The zero-order chi connectivity index (χ0) is 13.7. The maximum absolute atomic E-state index is 12.5. The van der Waals surface area contributed by atoms with Gasteiger partial charge in [-0.2, -0.15) is 0 Å². The fourth-order valence-corrected chi connectivity index (χ4v) is 3.10. The van der Waals surface area contributed by atoms with Crippen LogP contribution in [0.15, 0.2) is 0 Å². The number of hydrogen-bond acceptors (Lipinski definition) is 2. The fraction of sp³-hybridized carbons (Fsp3) is 0.938. The molecule has 2 rings (SSSR count). The molecule has 1 aliphatic heterocycles. The fourth-order valence-electron chi connectivity index (χ4n) is 3.10. The molecule has 0 aromatic carbocycles. The van der Waals surface area contributed by atoms with Gasteiger partial charge in [0.15, 0.2) is 0 Å². The first-order valence-electron chi connectivity index (χ1n) is 8.25. The maximum Gasteiger partial charge on any atom is 0.239 e. The van der Waals surface area contributed by atoms with E-state index < -0.39 is 0 Å². The number of carbonyl (C=O) groups is 1. The second-order valence-corrected chi connectivity index (χ2v) is 6.41. The first kappa shape index (κ1) is 14.8. The van der Waals surface area contributed by atoms with E-state index in [1.165, 1.54) is 44.9 Å². The van der Waals surface area contributed by atoms with E-state index in [0.717, 1.165) is 25.4 Å². The summed E-state index contributed by atoms with van der Waals surface area (Å²) >= 11 is 0. The monoisotopic (exact) mass is 266 g/mol. The molecule has 19 heavy (non-hydrogen) atoms. The van der Waals surface area contributed by atoms with Crippen molar-refractivity contribution in [2.75, 3.05) is 13.1 Å². The van der Waals surface area contributed by atoms with Crippen LogP contribution < -0.4 is 5.32 Å². The van der Waals surface area contributed by atoms with E-state index in [9.17, 15) is 4.79 Å². The molecule has 2 fully saturated rings. The van der Waals surface area contributed by atoms with Crippen LogP contribution in [0.5, 0.6) is 0 Å². The largest absolute Gasteiger partial charge is 0.341 e. The lowest BCUT2D eigenvalue weighted by Gasteiger charge is -2.27. The Morgan fingerprint density at radius 2 is 1.84 bits per heavy atom. The molecule has 2 atom stereocenters. The molecule has 1 saturated heterocycles. The van der Waals surface area contributed by atoms with Gasteiger partial charge in [0.2, 0.25) is 5.91 Å². The highest BCUT2D eigenvalue weighted by Gasteiger charge is 2.27. The van der Waals surface area contributed by atoms with Gasteiger partial charge in [-0.05, 0) is 38.5 Å². The lowest BCUT2D eigenvalue weighted by molar-refractivity contribution is -0.133. The molecule has 3 heteroatoms. The second-order valence-electron chi connectivity index (χ2n) is 6.41. The number of carbonyl (C=O) groups excluding carboxylic acids is 1. The second kappa shape index (κ2) is 7.28. The van der Waals surface area contributed by atoms with Crippen molar-refractivity contribution >= 4 is 5.91 Å². The molecule has 1 amide bonds. The van der Waals surface area contributed by atoms with Crippen molar-refractivity contribution in [1.29, 1.82) is 0 Å². The third-order valence-corrected chi connectivity index (χ3v) is 4.58. The summed E-state index contributed by atoms with van der Waals surface area (Å²) in [5.74, 6) is 1.24. The van der Waals surface area contributed by atoms with Gasteiger partial charge in [-0.25, -0.2) is 0 Å². The van der Waals surface area contributed by atoms with Crippen LogP contribution in [0.4, 0.5) is 0 Å². The quantitative estimate of drug-likeness (QED) is 0.801. The summed E-state index contributed by atoms with van der Waals surface area (Å²) in [5.41, 5.74) is 0. The summed E-state index contributed by atoms with van der Waals surface area (Å²) in [5, 5.41) is 3.56. The third kappa shape index (κ3) is 4.79. The molecule has 0 bridgehead atoms. The van der Waals surface area contributed by atoms with Crippen molar-refractivity contribution in [2.24, 2.45) is 5.92 Å². The van der Waals surface area contributed by atoms with Gasteiger partial charge >= 0.3 is 0 Å². The molecule has 0 aromatic heterocycles. The van der Waals surface area contributed by atoms with Crippen LogP contribution in [0, 0.1) is 5.92 Å². The van der Waals surface area contributed by atoms with Gasteiger partial charge in [-0.3, -0.25) is 4.79 Å². The molecule has 110 valence electrons. The summed E-state index contributed by atoms with van der Waals surface area (Å²) in [7, 11) is 0. The number of rotatable bonds is 6. The summed E-state index contributed by atoms with van der Waals surface area (Å²) < 4.78 is 0. The summed E-state index contributed by atoms with van der Waals surface area (Å²) in [6, 6.07) is 0.514. The van der Waals surface area contributed by atoms with E-state index >= 15 is 0 Å². The topological polar surface area (TPSA) is 32.3 Å². The van der Waals surface area contributed by atoms with Crippen LogP contribution in [0.2, 0.25) is 0 Å². The smallest absolute Gasteiger partial charge is 0.239 e. The Morgan fingerprint density at radius 1 is 1.21 bits per heavy atom. The minimum Gasteiger partial charge on any atom is -0.341 e. The van der Waals surface area contributed by atoms with Crippen molar-refractivity contribution in [3.05, 3.63) is 0 Å². The number of likely N-dealkylation sites (tertiary alicyclic amines) is 1. The van der Waals surface area contributed by atoms with Crippen LogP contribution in [0.1, 0.15) is 65.2 Å². The van der Waals surface area contributed by atoms with Gasteiger partial charge in [0.05, 0.1) is 6.04 Å². The zero-order valence-corrected chi connectivity index (χ0v) is 12.7. The summed E-state index contributed by atoms with van der Waals surface area (Å²) in [4.78, 5) is 14.5. The number of nitrogens with zero attached hydrogens (tertiary/aromatic N) is 1. The van der Waals surface area contributed by atoms with Crippen LogP contribution >= 0.6 is 0 Å². The van der Waals surface area contributed by atoms with E-state index in [1.54, 1.807) is 0 Å². The van der Waals surface area contributed by atoms with Crippen molar-refractivity contribution in [1.82, 2.24) is 10.2 Å². The molecule has 1 N–H and O–H groups in total. The Morgan fingerprint density at radius 3 is 2.37 bits per heavy atom. The molecule has 0 aromatic rings. The number of amides is 1. The number of nitrogens with one attached hydrogen (secondary N) is 1. The maximum atomic E-state index is 12.5. The van der Waals surface area contributed by atoms with Crippen LogP contribution in [-0.2, 0) is 4.79 Å². The van der Waals surface area contributed by atoms with Crippen molar-refractivity contribution in [3.8, 4) is 0 Å². The molecular formula is C16H30N2O. The molecule has 1 saturated carbocycles. The van der Waals surface area contributed by atoms with Crippen molar-refractivity contribution in [3.63, 3.8) is 0 Å². The molecule has 3 nitrogen and oxygen atoms in total.